The molecule has 4 nitrogen and oxygen atoms in total. The number of carbonyl (C=O) groups is 2. The first kappa shape index (κ1) is 18.8. The molecule has 134 valence electrons. The van der Waals surface area contributed by atoms with Crippen LogP contribution < -0.4 is 10.6 Å². The van der Waals surface area contributed by atoms with Gasteiger partial charge in [-0.3, -0.25) is 9.59 Å². The molecule has 0 atom stereocenters. The third-order valence-corrected chi connectivity index (χ3v) is 3.67. The molecule has 0 spiro atoms. The van der Waals surface area contributed by atoms with E-state index < -0.39 is 29.7 Å². The fourth-order valence-corrected chi connectivity index (χ4v) is 2.51. The molecule has 0 saturated carbocycles. The predicted molar refractivity (Wildman–Crippen MR) is 78.4 cm³/mol. The third-order valence-electron chi connectivity index (χ3n) is 2.84. The van der Waals surface area contributed by atoms with Crippen molar-refractivity contribution in [2.45, 2.75) is 12.4 Å². The maximum Gasteiger partial charge on any atom is 0.471 e. The van der Waals surface area contributed by atoms with Gasteiger partial charge in [-0.2, -0.15) is 26.3 Å². The number of anilines is 2. The maximum absolute atomic E-state index is 12.6. The van der Waals surface area contributed by atoms with Crippen molar-refractivity contribution in [3.63, 3.8) is 0 Å². The average molecular weight is 382 g/mol. The molecule has 1 heterocycles. The van der Waals surface area contributed by atoms with Gasteiger partial charge >= 0.3 is 18.3 Å². The molecule has 0 saturated heterocycles. The molecule has 0 aliphatic carbocycles. The largest absolute Gasteiger partial charge is 0.471 e. The lowest BCUT2D eigenvalue weighted by molar-refractivity contribution is -0.167. The van der Waals surface area contributed by atoms with Crippen LogP contribution in [0.1, 0.15) is 15.9 Å². The van der Waals surface area contributed by atoms with E-state index in [-0.39, 0.29) is 16.3 Å². The minimum Gasteiger partial charge on any atom is -0.322 e. The molecule has 0 radical (unpaired) electrons. The van der Waals surface area contributed by atoms with Crippen molar-refractivity contribution >= 4 is 33.8 Å². The van der Waals surface area contributed by atoms with Gasteiger partial charge < -0.3 is 10.6 Å². The number of amides is 2. The molecule has 25 heavy (non-hydrogen) atoms. The molecule has 0 aliphatic rings. The highest BCUT2D eigenvalue weighted by Gasteiger charge is 2.39. The lowest BCUT2D eigenvalue weighted by Crippen LogP contribution is -2.30. The van der Waals surface area contributed by atoms with Crippen molar-refractivity contribution in [2.24, 2.45) is 0 Å². The van der Waals surface area contributed by atoms with Crippen LogP contribution >= 0.6 is 11.3 Å². The Morgan fingerprint density at radius 3 is 2.24 bits per heavy atom. The van der Waals surface area contributed by atoms with Gasteiger partial charge in [0, 0.05) is 5.69 Å². The van der Waals surface area contributed by atoms with E-state index in [0.717, 1.165) is 18.2 Å². The van der Waals surface area contributed by atoms with Crippen LogP contribution in [0.3, 0.4) is 0 Å². The lowest BCUT2D eigenvalue weighted by atomic mass is 10.2. The van der Waals surface area contributed by atoms with E-state index in [1.54, 1.807) is 5.32 Å². The van der Waals surface area contributed by atoms with E-state index in [4.69, 9.17) is 0 Å². The molecule has 2 aromatic rings. The number of rotatable bonds is 3. The van der Waals surface area contributed by atoms with Crippen molar-refractivity contribution in [2.75, 3.05) is 10.6 Å². The van der Waals surface area contributed by atoms with Crippen LogP contribution in [0.15, 0.2) is 35.7 Å². The van der Waals surface area contributed by atoms with Crippen molar-refractivity contribution < 1.29 is 35.9 Å². The first-order valence-electron chi connectivity index (χ1n) is 6.43. The lowest BCUT2D eigenvalue weighted by Gasteiger charge is -2.11. The summed E-state index contributed by atoms with van der Waals surface area (Å²) in [7, 11) is 0. The molecule has 1 aromatic carbocycles. The number of benzene rings is 1. The van der Waals surface area contributed by atoms with Crippen LogP contribution in [0.2, 0.25) is 0 Å². The molecular weight excluding hydrogens is 374 g/mol. The van der Waals surface area contributed by atoms with Gasteiger partial charge in [0.1, 0.15) is 5.00 Å². The molecule has 11 heteroatoms. The summed E-state index contributed by atoms with van der Waals surface area (Å²) < 4.78 is 74.7. The summed E-state index contributed by atoms with van der Waals surface area (Å²) in [5.41, 5.74) is -1.50. The third kappa shape index (κ3) is 4.72. The van der Waals surface area contributed by atoms with Gasteiger partial charge in [-0.15, -0.1) is 11.3 Å². The fraction of sp³-hybridized carbons (Fsp3) is 0.143. The molecule has 0 aliphatic heterocycles. The Hall–Kier alpha value is -2.56. The van der Waals surface area contributed by atoms with Crippen LogP contribution in [0.25, 0.3) is 0 Å². The van der Waals surface area contributed by atoms with Crippen molar-refractivity contribution in [1.29, 1.82) is 0 Å². The van der Waals surface area contributed by atoms with Crippen LogP contribution in [-0.4, -0.2) is 18.0 Å². The van der Waals surface area contributed by atoms with Crippen LogP contribution in [0.4, 0.5) is 37.0 Å². The first-order valence-corrected chi connectivity index (χ1v) is 7.30. The topological polar surface area (TPSA) is 58.2 Å². The Bertz CT molecular complexity index is 797. The Morgan fingerprint density at radius 1 is 0.960 bits per heavy atom. The summed E-state index contributed by atoms with van der Waals surface area (Å²) in [6, 6.07) is 4.87. The molecule has 0 unspecified atom stereocenters. The summed E-state index contributed by atoms with van der Waals surface area (Å²) >= 11 is 0.668. The van der Waals surface area contributed by atoms with E-state index >= 15 is 0 Å². The quantitative estimate of drug-likeness (QED) is 0.767. The molecule has 1 aromatic heterocycles. The highest BCUT2D eigenvalue weighted by molar-refractivity contribution is 7.14. The highest BCUT2D eigenvalue weighted by atomic mass is 32.1. The van der Waals surface area contributed by atoms with Crippen LogP contribution in [-0.2, 0) is 11.0 Å². The van der Waals surface area contributed by atoms with Crippen molar-refractivity contribution in [1.82, 2.24) is 0 Å². The molecule has 0 fully saturated rings. The standard InChI is InChI=1S/C14H8F6N2O2S/c15-13(16,17)7-2-1-3-8(6-7)21-10(23)9-4-5-25-11(9)22-12(24)14(18,19)20/h1-6H,(H,21,23)(H,22,24). The number of carbonyl (C=O) groups excluding carboxylic acids is 2. The fourth-order valence-electron chi connectivity index (χ4n) is 1.73. The second kappa shape index (κ2) is 6.75. The van der Waals surface area contributed by atoms with Crippen molar-refractivity contribution in [3.8, 4) is 0 Å². The number of hydrogen-bond donors (Lipinski definition) is 2. The first-order chi connectivity index (χ1) is 11.5. The number of alkyl halides is 6. The summed E-state index contributed by atoms with van der Waals surface area (Å²) in [6.07, 6.45) is -9.76. The summed E-state index contributed by atoms with van der Waals surface area (Å²) in [6.45, 7) is 0. The van der Waals surface area contributed by atoms with Gasteiger partial charge in [0.25, 0.3) is 5.91 Å². The Morgan fingerprint density at radius 2 is 1.64 bits per heavy atom. The molecular formula is C14H8F6N2O2S. The number of thiophene rings is 1. The van der Waals surface area contributed by atoms with E-state index in [9.17, 15) is 35.9 Å². The van der Waals surface area contributed by atoms with Crippen LogP contribution in [0, 0.1) is 0 Å². The minimum atomic E-state index is -5.14. The summed E-state index contributed by atoms with van der Waals surface area (Å²) in [4.78, 5) is 23.0. The predicted octanol–water partition coefficient (Wildman–Crippen LogP) is 4.52. The van der Waals surface area contributed by atoms with Gasteiger partial charge in [-0.25, -0.2) is 0 Å². The second-order valence-corrected chi connectivity index (χ2v) is 5.56. The Labute approximate surface area is 140 Å². The zero-order valence-corrected chi connectivity index (χ0v) is 12.8. The van der Waals surface area contributed by atoms with E-state index in [0.29, 0.717) is 17.4 Å². The SMILES string of the molecule is O=C(Nc1cccc(C(F)(F)F)c1)c1ccsc1NC(=O)C(F)(F)F. The van der Waals surface area contributed by atoms with Gasteiger partial charge in [-0.05, 0) is 29.6 Å². The van der Waals surface area contributed by atoms with Gasteiger partial charge in [0.2, 0.25) is 0 Å². The van der Waals surface area contributed by atoms with Crippen molar-refractivity contribution in [3.05, 3.63) is 46.8 Å². The van der Waals surface area contributed by atoms with Gasteiger partial charge in [0.15, 0.2) is 0 Å². The minimum absolute atomic E-state index is 0.195. The summed E-state index contributed by atoms with van der Waals surface area (Å²) in [5.74, 6) is -3.22. The molecule has 2 amide bonds. The van der Waals surface area contributed by atoms with E-state index in [1.165, 1.54) is 11.4 Å². The molecule has 2 N–H and O–H groups in total. The van der Waals surface area contributed by atoms with E-state index in [2.05, 4.69) is 5.32 Å². The van der Waals surface area contributed by atoms with E-state index in [1.807, 2.05) is 0 Å². The number of hydrogen-bond acceptors (Lipinski definition) is 3. The van der Waals surface area contributed by atoms with Gasteiger partial charge in [0.05, 0.1) is 11.1 Å². The average Bonchev–Trinajstić information content (AvgIpc) is 2.94. The maximum atomic E-state index is 12.6. The van der Waals surface area contributed by atoms with Gasteiger partial charge in [-0.1, -0.05) is 6.07 Å². The Balaban J connectivity index is 2.18. The highest BCUT2D eigenvalue weighted by Crippen LogP contribution is 2.31. The van der Waals surface area contributed by atoms with Crippen LogP contribution in [0.5, 0.6) is 0 Å². The summed E-state index contributed by atoms with van der Waals surface area (Å²) in [5, 5.41) is 4.58. The number of nitrogens with one attached hydrogen (secondary N) is 2. The zero-order chi connectivity index (χ0) is 18.8. The second-order valence-electron chi connectivity index (χ2n) is 4.65. The zero-order valence-electron chi connectivity index (χ0n) is 12.0. The normalized spacial score (nSPS) is 11.9. The molecule has 2 rings (SSSR count). The number of halogens is 6. The molecule has 0 bridgehead atoms. The smallest absolute Gasteiger partial charge is 0.322 e. The monoisotopic (exact) mass is 382 g/mol. The Kier molecular flexibility index (Phi) is 5.07.